The van der Waals surface area contributed by atoms with Crippen molar-refractivity contribution in [2.24, 2.45) is 0 Å². The Morgan fingerprint density at radius 3 is 0.711 bits per heavy atom. The molecule has 0 aromatic rings. The molecule has 0 spiro atoms. The third-order valence-electron chi connectivity index (χ3n) is 14.9. The summed E-state index contributed by atoms with van der Waals surface area (Å²) in [5, 5.41) is 10.5. The first-order chi connectivity index (χ1) is 40.2. The van der Waals surface area contributed by atoms with Gasteiger partial charge in [-0.3, -0.25) is 37.3 Å². The molecule has 2 unspecified atom stereocenters. The van der Waals surface area contributed by atoms with Crippen molar-refractivity contribution in [1.29, 1.82) is 0 Å². The SMILES string of the molecule is CCCCCCCCCCCCCCCCC(=O)O[C@H](COC(=O)CCCCCCCCCCCCCCC)COP(=O)(O)OC[C@@H](O)COP(=O)(O)OC[C@@H](COC(=O)CCCCCCCCC)OC(=O)CCCCCCCCCCC. The van der Waals surface area contributed by atoms with Gasteiger partial charge in [-0.15, -0.1) is 0 Å². The fraction of sp³-hybridized carbons (Fsp3) is 0.938. The first-order valence-electron chi connectivity index (χ1n) is 33.8. The number of phosphoric ester groups is 2. The number of rotatable bonds is 65. The third kappa shape index (κ3) is 58.8. The smallest absolute Gasteiger partial charge is 0.462 e. The number of hydrogen-bond donors (Lipinski definition) is 3. The summed E-state index contributed by atoms with van der Waals surface area (Å²) in [6.07, 6.45) is 44.4. The standard InChI is InChI=1S/C64H124O17P2/c1-5-9-13-17-21-24-26-28-30-32-35-39-43-47-51-64(69)81-60(55-75-62(67)49-45-41-37-34-31-29-27-25-22-18-14-10-6-2)57-79-83(72,73)77-53-58(65)52-76-82(70,71)78-56-59(54-74-61(66)48-44-40-36-20-16-12-8-4)80-63(68)50-46-42-38-33-23-19-15-11-7-3/h58-60,65H,5-57H2,1-4H3,(H,70,71)(H,72,73)/t58-,59+,60+/m0/s1. The second-order valence-electron chi connectivity index (χ2n) is 23.2. The zero-order valence-electron chi connectivity index (χ0n) is 53.2. The monoisotopic (exact) mass is 1230 g/mol. The summed E-state index contributed by atoms with van der Waals surface area (Å²) in [6, 6.07) is 0. The maximum absolute atomic E-state index is 13.0. The molecule has 0 rings (SSSR count). The second-order valence-corrected chi connectivity index (χ2v) is 26.1. The number of unbranched alkanes of at least 4 members (excludes halogenated alkanes) is 39. The lowest BCUT2D eigenvalue weighted by atomic mass is 10.0. The van der Waals surface area contributed by atoms with E-state index in [4.69, 9.17) is 37.0 Å². The number of esters is 4. The molecule has 0 saturated heterocycles. The van der Waals surface area contributed by atoms with Crippen molar-refractivity contribution >= 4 is 39.5 Å². The molecule has 0 bridgehead atoms. The predicted octanol–water partition coefficient (Wildman–Crippen LogP) is 17.9. The lowest BCUT2D eigenvalue weighted by Crippen LogP contribution is -2.30. The fourth-order valence-corrected chi connectivity index (χ4v) is 11.2. The minimum absolute atomic E-state index is 0.106. The van der Waals surface area contributed by atoms with Crippen LogP contribution in [0, 0.1) is 0 Å². The van der Waals surface area contributed by atoms with Crippen LogP contribution in [0.4, 0.5) is 0 Å². The van der Waals surface area contributed by atoms with E-state index in [1.165, 1.54) is 148 Å². The van der Waals surface area contributed by atoms with Crippen molar-refractivity contribution in [1.82, 2.24) is 0 Å². The van der Waals surface area contributed by atoms with Gasteiger partial charge in [-0.25, -0.2) is 9.13 Å². The van der Waals surface area contributed by atoms with Gasteiger partial charge in [0.2, 0.25) is 0 Å². The zero-order valence-corrected chi connectivity index (χ0v) is 54.9. The van der Waals surface area contributed by atoms with Gasteiger partial charge < -0.3 is 33.8 Å². The Morgan fingerprint density at radius 1 is 0.289 bits per heavy atom. The Bertz CT molecular complexity index is 1600. The van der Waals surface area contributed by atoms with E-state index in [1.54, 1.807) is 0 Å². The third-order valence-corrected chi connectivity index (χ3v) is 16.8. The van der Waals surface area contributed by atoms with E-state index in [1.807, 2.05) is 0 Å². The quantitative estimate of drug-likeness (QED) is 0.0222. The number of ether oxygens (including phenoxy) is 4. The summed E-state index contributed by atoms with van der Waals surface area (Å²) in [5.41, 5.74) is 0. The van der Waals surface area contributed by atoms with Crippen LogP contribution in [-0.4, -0.2) is 96.7 Å². The molecule has 5 atom stereocenters. The molecular weight excluding hydrogens is 1100 g/mol. The Balaban J connectivity index is 5.20. The minimum atomic E-state index is -4.94. The molecule has 17 nitrogen and oxygen atoms in total. The van der Waals surface area contributed by atoms with Crippen molar-refractivity contribution in [3.63, 3.8) is 0 Å². The molecule has 492 valence electrons. The molecular formula is C64H124O17P2. The van der Waals surface area contributed by atoms with Crippen molar-refractivity contribution in [3.8, 4) is 0 Å². The second kappa shape index (κ2) is 59.0. The predicted molar refractivity (Wildman–Crippen MR) is 331 cm³/mol. The number of aliphatic hydroxyl groups is 1. The van der Waals surface area contributed by atoms with Crippen molar-refractivity contribution in [3.05, 3.63) is 0 Å². The Labute approximate surface area is 505 Å². The molecule has 0 aromatic heterocycles. The summed E-state index contributed by atoms with van der Waals surface area (Å²) in [5.74, 6) is -2.13. The zero-order chi connectivity index (χ0) is 61.2. The topological polar surface area (TPSA) is 237 Å². The minimum Gasteiger partial charge on any atom is -0.462 e. The van der Waals surface area contributed by atoms with E-state index < -0.39 is 97.5 Å². The van der Waals surface area contributed by atoms with Gasteiger partial charge in [0.15, 0.2) is 12.2 Å². The average molecular weight is 1230 g/mol. The van der Waals surface area contributed by atoms with Crippen LogP contribution in [-0.2, 0) is 65.4 Å². The molecule has 0 aromatic carbocycles. The first kappa shape index (κ1) is 81.1. The number of aliphatic hydroxyl groups excluding tert-OH is 1. The molecule has 0 radical (unpaired) electrons. The van der Waals surface area contributed by atoms with E-state index in [9.17, 15) is 43.2 Å². The Hall–Kier alpha value is -1.94. The van der Waals surface area contributed by atoms with Gasteiger partial charge in [0.1, 0.15) is 19.3 Å². The van der Waals surface area contributed by atoms with Crippen LogP contribution >= 0.6 is 15.6 Å². The highest BCUT2D eigenvalue weighted by Crippen LogP contribution is 2.45. The molecule has 0 aliphatic carbocycles. The van der Waals surface area contributed by atoms with E-state index in [-0.39, 0.29) is 25.7 Å². The van der Waals surface area contributed by atoms with Crippen molar-refractivity contribution in [2.75, 3.05) is 39.6 Å². The first-order valence-corrected chi connectivity index (χ1v) is 36.8. The highest BCUT2D eigenvalue weighted by Gasteiger charge is 2.30. The lowest BCUT2D eigenvalue weighted by molar-refractivity contribution is -0.161. The van der Waals surface area contributed by atoms with Gasteiger partial charge in [0.25, 0.3) is 0 Å². The van der Waals surface area contributed by atoms with E-state index >= 15 is 0 Å². The molecule has 0 saturated carbocycles. The molecule has 0 fully saturated rings. The van der Waals surface area contributed by atoms with Gasteiger partial charge in [0.05, 0.1) is 26.4 Å². The number of carbonyl (C=O) groups is 4. The fourth-order valence-electron chi connectivity index (χ4n) is 9.63. The van der Waals surface area contributed by atoms with E-state index in [0.29, 0.717) is 25.7 Å². The van der Waals surface area contributed by atoms with Crippen LogP contribution in [0.2, 0.25) is 0 Å². The molecule has 83 heavy (non-hydrogen) atoms. The van der Waals surface area contributed by atoms with E-state index in [2.05, 4.69) is 27.7 Å². The molecule has 3 N–H and O–H groups in total. The van der Waals surface area contributed by atoms with Gasteiger partial charge in [-0.05, 0) is 25.7 Å². The van der Waals surface area contributed by atoms with E-state index in [0.717, 1.165) is 103 Å². The van der Waals surface area contributed by atoms with Gasteiger partial charge in [-0.2, -0.15) is 0 Å². The highest BCUT2D eigenvalue weighted by molar-refractivity contribution is 7.47. The number of phosphoric acid groups is 2. The van der Waals surface area contributed by atoms with Gasteiger partial charge >= 0.3 is 39.5 Å². The van der Waals surface area contributed by atoms with Crippen LogP contribution < -0.4 is 0 Å². The largest absolute Gasteiger partial charge is 0.472 e. The molecule has 19 heteroatoms. The molecule has 0 heterocycles. The van der Waals surface area contributed by atoms with Gasteiger partial charge in [0, 0.05) is 25.7 Å². The average Bonchev–Trinajstić information content (AvgIpc) is 3.47. The van der Waals surface area contributed by atoms with Crippen molar-refractivity contribution < 1.29 is 80.2 Å². The molecule has 0 amide bonds. The van der Waals surface area contributed by atoms with Crippen molar-refractivity contribution in [2.45, 2.75) is 348 Å². The Kier molecular flexibility index (Phi) is 57.7. The Morgan fingerprint density at radius 2 is 0.482 bits per heavy atom. The maximum Gasteiger partial charge on any atom is 0.472 e. The summed E-state index contributed by atoms with van der Waals surface area (Å²) in [7, 11) is -9.88. The van der Waals surface area contributed by atoms with Crippen LogP contribution in [0.1, 0.15) is 329 Å². The summed E-state index contributed by atoms with van der Waals surface area (Å²) < 4.78 is 67.9. The number of carbonyl (C=O) groups excluding carboxylic acids is 4. The lowest BCUT2D eigenvalue weighted by Gasteiger charge is -2.21. The van der Waals surface area contributed by atoms with Crippen LogP contribution in [0.25, 0.3) is 0 Å². The van der Waals surface area contributed by atoms with Crippen LogP contribution in [0.5, 0.6) is 0 Å². The molecule has 0 aliphatic rings. The van der Waals surface area contributed by atoms with Gasteiger partial charge in [-0.1, -0.05) is 278 Å². The maximum atomic E-state index is 13.0. The highest BCUT2D eigenvalue weighted by atomic mass is 31.2. The number of hydrogen-bond acceptors (Lipinski definition) is 15. The summed E-state index contributed by atoms with van der Waals surface area (Å²) >= 11 is 0. The summed E-state index contributed by atoms with van der Waals surface area (Å²) in [6.45, 7) is 4.85. The summed E-state index contributed by atoms with van der Waals surface area (Å²) in [4.78, 5) is 72.1. The molecule has 0 aliphatic heterocycles. The normalized spacial score (nSPS) is 14.2. The van der Waals surface area contributed by atoms with Crippen LogP contribution in [0.3, 0.4) is 0 Å². The van der Waals surface area contributed by atoms with Crippen LogP contribution in [0.15, 0.2) is 0 Å².